The molecule has 2 amide bonds. The first-order chi connectivity index (χ1) is 12.5. The molecule has 1 aromatic heterocycles. The Hall–Kier alpha value is -2.89. The summed E-state index contributed by atoms with van der Waals surface area (Å²) < 4.78 is 7.52. The predicted molar refractivity (Wildman–Crippen MR) is 94.3 cm³/mol. The molecule has 1 saturated carbocycles. The van der Waals surface area contributed by atoms with Gasteiger partial charge in [0.2, 0.25) is 0 Å². The minimum absolute atomic E-state index is 0.0165. The highest BCUT2D eigenvalue weighted by Crippen LogP contribution is 2.38. The van der Waals surface area contributed by atoms with E-state index in [1.54, 1.807) is 24.3 Å². The van der Waals surface area contributed by atoms with Gasteiger partial charge in [-0.15, -0.1) is 0 Å². The summed E-state index contributed by atoms with van der Waals surface area (Å²) in [6.45, 7) is 3.95. The smallest absolute Gasteiger partial charge is 0.340 e. The Kier molecular flexibility index (Phi) is 3.90. The Morgan fingerprint density at radius 1 is 1.12 bits per heavy atom. The van der Waals surface area contributed by atoms with Crippen LogP contribution in [0.5, 0.6) is 0 Å². The predicted octanol–water partition coefficient (Wildman–Crippen LogP) is 2.89. The summed E-state index contributed by atoms with van der Waals surface area (Å²) in [5.41, 5.74) is 3.32. The number of benzene rings is 1. The van der Waals surface area contributed by atoms with Gasteiger partial charge in [0, 0.05) is 17.4 Å². The lowest BCUT2D eigenvalue weighted by Crippen LogP contribution is -2.33. The molecule has 6 nitrogen and oxygen atoms in total. The van der Waals surface area contributed by atoms with Crippen molar-refractivity contribution in [2.45, 2.75) is 32.7 Å². The third kappa shape index (κ3) is 2.62. The number of fused-ring (bicyclic) bond motifs is 1. The van der Waals surface area contributed by atoms with E-state index >= 15 is 0 Å². The van der Waals surface area contributed by atoms with Gasteiger partial charge in [0.25, 0.3) is 11.8 Å². The second kappa shape index (κ2) is 6.12. The maximum Gasteiger partial charge on any atom is 0.340 e. The summed E-state index contributed by atoms with van der Waals surface area (Å²) in [4.78, 5) is 38.1. The first-order valence-electron chi connectivity index (χ1n) is 8.80. The second-order valence-electron chi connectivity index (χ2n) is 6.83. The summed E-state index contributed by atoms with van der Waals surface area (Å²) >= 11 is 0. The van der Waals surface area contributed by atoms with Crippen LogP contribution in [0.1, 0.15) is 61.3 Å². The number of aromatic nitrogens is 1. The van der Waals surface area contributed by atoms with Crippen LogP contribution in [0, 0.1) is 13.8 Å². The van der Waals surface area contributed by atoms with Crippen molar-refractivity contribution in [3.63, 3.8) is 0 Å². The molecule has 1 aliphatic carbocycles. The fraction of sp³-hybridized carbons (Fsp3) is 0.350. The van der Waals surface area contributed by atoms with Crippen molar-refractivity contribution in [2.24, 2.45) is 0 Å². The van der Waals surface area contributed by atoms with E-state index in [0.29, 0.717) is 22.7 Å². The molecule has 6 heteroatoms. The number of carbonyl (C=O) groups excluding carboxylic acids is 3. The van der Waals surface area contributed by atoms with Gasteiger partial charge in [0.15, 0.2) is 0 Å². The van der Waals surface area contributed by atoms with Crippen LogP contribution in [0.15, 0.2) is 30.3 Å². The van der Waals surface area contributed by atoms with E-state index in [2.05, 4.69) is 4.57 Å². The van der Waals surface area contributed by atoms with E-state index in [1.807, 2.05) is 19.9 Å². The summed E-state index contributed by atoms with van der Waals surface area (Å²) in [5.74, 6) is -1.09. The molecule has 1 aromatic carbocycles. The molecule has 134 valence electrons. The number of nitrogens with zero attached hydrogens (tertiary/aromatic N) is 2. The summed E-state index contributed by atoms with van der Waals surface area (Å²) in [6.07, 6.45) is 2.29. The van der Waals surface area contributed by atoms with Crippen LogP contribution in [-0.4, -0.2) is 40.4 Å². The molecule has 2 aliphatic rings. The molecule has 0 saturated heterocycles. The van der Waals surface area contributed by atoms with Crippen molar-refractivity contribution in [1.29, 1.82) is 0 Å². The van der Waals surface area contributed by atoms with Crippen LogP contribution in [0.4, 0.5) is 0 Å². The third-order valence-corrected chi connectivity index (χ3v) is 5.04. The van der Waals surface area contributed by atoms with Gasteiger partial charge in [-0.25, -0.2) is 4.79 Å². The summed E-state index contributed by atoms with van der Waals surface area (Å²) in [7, 11) is 0. The Bertz CT molecular complexity index is 889. The van der Waals surface area contributed by atoms with Gasteiger partial charge in [-0.05, 0) is 44.9 Å². The number of aryl methyl sites for hydroxylation is 1. The SMILES string of the molecule is Cc1cc(C(=O)OCCN2C(=O)c3ccccc3C2=O)c(C)n1C1CC1. The number of amides is 2. The highest BCUT2D eigenvalue weighted by Gasteiger charge is 2.35. The van der Waals surface area contributed by atoms with Gasteiger partial charge in [0.05, 0.1) is 23.2 Å². The highest BCUT2D eigenvalue weighted by atomic mass is 16.5. The zero-order valence-electron chi connectivity index (χ0n) is 14.8. The highest BCUT2D eigenvalue weighted by molar-refractivity contribution is 6.21. The Balaban J connectivity index is 1.40. The molecule has 2 heterocycles. The molecule has 1 aliphatic heterocycles. The van der Waals surface area contributed by atoms with Gasteiger partial charge in [-0.3, -0.25) is 14.5 Å². The molecule has 0 unspecified atom stereocenters. The Morgan fingerprint density at radius 2 is 1.73 bits per heavy atom. The first-order valence-corrected chi connectivity index (χ1v) is 8.80. The number of hydrogen-bond acceptors (Lipinski definition) is 4. The lowest BCUT2D eigenvalue weighted by atomic mass is 10.1. The van der Waals surface area contributed by atoms with Gasteiger partial charge in [-0.2, -0.15) is 0 Å². The maximum absolute atomic E-state index is 12.4. The molecular formula is C20H20N2O4. The summed E-state index contributed by atoms with van der Waals surface area (Å²) in [5, 5.41) is 0. The van der Waals surface area contributed by atoms with Gasteiger partial charge in [-0.1, -0.05) is 12.1 Å². The van der Waals surface area contributed by atoms with Crippen molar-refractivity contribution in [3.8, 4) is 0 Å². The fourth-order valence-corrected chi connectivity index (χ4v) is 3.63. The van der Waals surface area contributed by atoms with Gasteiger partial charge in [0.1, 0.15) is 6.61 Å². The normalized spacial score (nSPS) is 16.2. The number of hydrogen-bond donors (Lipinski definition) is 0. The van der Waals surface area contributed by atoms with Crippen LogP contribution < -0.4 is 0 Å². The van der Waals surface area contributed by atoms with Crippen LogP contribution in [0.2, 0.25) is 0 Å². The van der Waals surface area contributed by atoms with E-state index in [1.165, 1.54) is 0 Å². The molecular weight excluding hydrogens is 332 g/mol. The third-order valence-electron chi connectivity index (χ3n) is 5.04. The number of imide groups is 1. The van der Waals surface area contributed by atoms with Crippen LogP contribution in [0.3, 0.4) is 0 Å². The molecule has 0 radical (unpaired) electrons. The van der Waals surface area contributed by atoms with Crippen molar-refractivity contribution in [3.05, 3.63) is 58.4 Å². The van der Waals surface area contributed by atoms with Crippen molar-refractivity contribution >= 4 is 17.8 Å². The van der Waals surface area contributed by atoms with E-state index in [-0.39, 0.29) is 25.0 Å². The van der Waals surface area contributed by atoms with E-state index in [0.717, 1.165) is 29.1 Å². The zero-order valence-corrected chi connectivity index (χ0v) is 14.8. The molecule has 1 fully saturated rings. The quantitative estimate of drug-likeness (QED) is 0.613. The molecule has 26 heavy (non-hydrogen) atoms. The zero-order chi connectivity index (χ0) is 18.4. The van der Waals surface area contributed by atoms with Crippen LogP contribution in [0.25, 0.3) is 0 Å². The van der Waals surface area contributed by atoms with Crippen molar-refractivity contribution in [1.82, 2.24) is 9.47 Å². The maximum atomic E-state index is 12.4. The number of rotatable bonds is 5. The molecule has 0 atom stereocenters. The largest absolute Gasteiger partial charge is 0.460 e. The standard InChI is InChI=1S/C20H20N2O4/c1-12-11-17(13(2)22(12)14-7-8-14)20(25)26-10-9-21-18(23)15-5-3-4-6-16(15)19(21)24/h3-6,11,14H,7-10H2,1-2H3. The Labute approximate surface area is 151 Å². The van der Waals surface area contributed by atoms with Crippen molar-refractivity contribution in [2.75, 3.05) is 13.2 Å². The minimum Gasteiger partial charge on any atom is -0.460 e. The average molecular weight is 352 g/mol. The average Bonchev–Trinajstić information content (AvgIpc) is 3.37. The summed E-state index contributed by atoms with van der Waals surface area (Å²) in [6, 6.07) is 9.06. The second-order valence-corrected chi connectivity index (χ2v) is 6.83. The Morgan fingerprint density at radius 3 is 2.31 bits per heavy atom. The minimum atomic E-state index is -0.415. The number of carbonyl (C=O) groups is 3. The topological polar surface area (TPSA) is 68.6 Å². The molecule has 0 bridgehead atoms. The van der Waals surface area contributed by atoms with E-state index in [4.69, 9.17) is 4.74 Å². The van der Waals surface area contributed by atoms with Crippen LogP contribution in [-0.2, 0) is 4.74 Å². The monoisotopic (exact) mass is 352 g/mol. The first kappa shape index (κ1) is 16.6. The lowest BCUT2D eigenvalue weighted by Gasteiger charge is -2.14. The lowest BCUT2D eigenvalue weighted by molar-refractivity contribution is 0.0419. The van der Waals surface area contributed by atoms with Gasteiger partial charge >= 0.3 is 5.97 Å². The van der Waals surface area contributed by atoms with E-state index in [9.17, 15) is 14.4 Å². The number of esters is 1. The molecule has 0 spiro atoms. The molecule has 2 aromatic rings. The molecule has 4 rings (SSSR count). The van der Waals surface area contributed by atoms with Gasteiger partial charge < -0.3 is 9.30 Å². The van der Waals surface area contributed by atoms with Crippen molar-refractivity contribution < 1.29 is 19.1 Å². The molecule has 0 N–H and O–H groups in total. The number of ether oxygens (including phenoxy) is 1. The van der Waals surface area contributed by atoms with Crippen LogP contribution >= 0.6 is 0 Å². The fourth-order valence-electron chi connectivity index (χ4n) is 3.63. The van der Waals surface area contributed by atoms with E-state index < -0.39 is 5.97 Å².